The van der Waals surface area contributed by atoms with Gasteiger partial charge in [0.15, 0.2) is 11.5 Å². The van der Waals surface area contributed by atoms with Gasteiger partial charge >= 0.3 is 0 Å². The smallest absolute Gasteiger partial charge is 0.282 e. The van der Waals surface area contributed by atoms with Crippen LogP contribution in [0.4, 0.5) is 11.4 Å². The SMILES string of the molecule is O=C(NN=Cc1cc2c(cc1[N+](=O)[O-])OCO2)c1ccc(NS(=O)(=O)c2cccs2)cc1. The average Bonchev–Trinajstić information content (AvgIpc) is 3.45. The van der Waals surface area contributed by atoms with Crippen molar-refractivity contribution in [2.45, 2.75) is 4.21 Å². The Balaban J connectivity index is 1.43. The van der Waals surface area contributed by atoms with Crippen molar-refractivity contribution in [1.82, 2.24) is 5.43 Å². The molecule has 0 saturated carbocycles. The molecular formula is C19H14N4O7S2. The quantitative estimate of drug-likeness (QED) is 0.304. The summed E-state index contributed by atoms with van der Waals surface area (Å²) in [6.07, 6.45) is 1.13. The van der Waals surface area contributed by atoms with Gasteiger partial charge < -0.3 is 9.47 Å². The maximum Gasteiger partial charge on any atom is 0.282 e. The highest BCUT2D eigenvalue weighted by Crippen LogP contribution is 2.37. The summed E-state index contributed by atoms with van der Waals surface area (Å²) in [7, 11) is -3.69. The summed E-state index contributed by atoms with van der Waals surface area (Å²) in [6, 6.07) is 11.4. The zero-order valence-corrected chi connectivity index (χ0v) is 17.7. The van der Waals surface area contributed by atoms with E-state index in [0.29, 0.717) is 5.75 Å². The van der Waals surface area contributed by atoms with E-state index in [1.807, 2.05) is 0 Å². The Kier molecular flexibility index (Phi) is 5.75. The van der Waals surface area contributed by atoms with E-state index >= 15 is 0 Å². The Morgan fingerprint density at radius 3 is 2.53 bits per heavy atom. The molecule has 32 heavy (non-hydrogen) atoms. The minimum atomic E-state index is -3.69. The van der Waals surface area contributed by atoms with E-state index in [2.05, 4.69) is 15.2 Å². The summed E-state index contributed by atoms with van der Waals surface area (Å²) < 4.78 is 37.4. The van der Waals surface area contributed by atoms with E-state index in [0.717, 1.165) is 17.6 Å². The van der Waals surface area contributed by atoms with Crippen LogP contribution >= 0.6 is 11.3 Å². The van der Waals surface area contributed by atoms with Gasteiger partial charge in [0, 0.05) is 11.3 Å². The summed E-state index contributed by atoms with van der Waals surface area (Å²) in [6.45, 7) is -0.0384. The lowest BCUT2D eigenvalue weighted by Gasteiger charge is -2.07. The molecule has 0 atom stereocenters. The first-order chi connectivity index (χ1) is 15.3. The Labute approximate surface area is 185 Å². The lowest BCUT2D eigenvalue weighted by molar-refractivity contribution is -0.385. The van der Waals surface area contributed by atoms with Crippen LogP contribution in [0.1, 0.15) is 15.9 Å². The molecule has 0 aliphatic carbocycles. The van der Waals surface area contributed by atoms with Crippen molar-refractivity contribution in [3.8, 4) is 11.5 Å². The van der Waals surface area contributed by atoms with Gasteiger partial charge in [0.1, 0.15) is 4.21 Å². The lowest BCUT2D eigenvalue weighted by atomic mass is 10.1. The Hall–Kier alpha value is -3.97. The second kappa shape index (κ2) is 8.64. The minimum absolute atomic E-state index is 0.0384. The predicted molar refractivity (Wildman–Crippen MR) is 116 cm³/mol. The van der Waals surface area contributed by atoms with E-state index < -0.39 is 20.9 Å². The number of hydrazone groups is 1. The fourth-order valence-corrected chi connectivity index (χ4v) is 4.80. The summed E-state index contributed by atoms with van der Waals surface area (Å²) in [4.78, 5) is 22.9. The molecule has 0 unspecified atom stereocenters. The van der Waals surface area contributed by atoms with Crippen molar-refractivity contribution in [2.24, 2.45) is 5.10 Å². The van der Waals surface area contributed by atoms with Gasteiger partial charge in [0.2, 0.25) is 6.79 Å². The summed E-state index contributed by atoms with van der Waals surface area (Å²) in [5.74, 6) is 0.00829. The van der Waals surface area contributed by atoms with Crippen LogP contribution in [-0.4, -0.2) is 32.3 Å². The zero-order valence-electron chi connectivity index (χ0n) is 16.0. The number of anilines is 1. The molecule has 2 heterocycles. The number of nitrogens with one attached hydrogen (secondary N) is 2. The standard InChI is InChI=1S/C19H14N4O7S2/c24-19(12-3-5-14(6-4-12)22-32(27,28)18-2-1-7-31-18)21-20-10-13-8-16-17(30-11-29-16)9-15(13)23(25)26/h1-10,22H,11H2,(H,21,24). The highest BCUT2D eigenvalue weighted by Gasteiger charge is 2.22. The van der Waals surface area contributed by atoms with Crippen LogP contribution in [0, 0.1) is 10.1 Å². The molecule has 1 aliphatic rings. The Bertz CT molecular complexity index is 1300. The number of nitrogens with zero attached hydrogens (tertiary/aromatic N) is 2. The molecule has 0 spiro atoms. The summed E-state index contributed by atoms with van der Waals surface area (Å²) in [5.41, 5.74) is 2.63. The van der Waals surface area contributed by atoms with Crippen LogP contribution in [0.2, 0.25) is 0 Å². The Morgan fingerprint density at radius 2 is 1.88 bits per heavy atom. The van der Waals surface area contributed by atoms with Gasteiger partial charge in [0.25, 0.3) is 21.6 Å². The van der Waals surface area contributed by atoms with Crippen molar-refractivity contribution in [3.05, 3.63) is 75.2 Å². The maximum atomic E-state index is 12.3. The maximum absolute atomic E-state index is 12.3. The molecule has 3 aromatic rings. The van der Waals surface area contributed by atoms with Gasteiger partial charge in [0.05, 0.1) is 22.8 Å². The molecule has 2 N–H and O–H groups in total. The molecular weight excluding hydrogens is 460 g/mol. The van der Waals surface area contributed by atoms with Gasteiger partial charge in [-0.1, -0.05) is 6.07 Å². The normalized spacial score (nSPS) is 12.6. The molecule has 2 aromatic carbocycles. The number of hydrogen-bond donors (Lipinski definition) is 2. The molecule has 11 nitrogen and oxygen atoms in total. The van der Waals surface area contributed by atoms with Crippen molar-refractivity contribution in [2.75, 3.05) is 11.5 Å². The van der Waals surface area contributed by atoms with Crippen LogP contribution in [-0.2, 0) is 10.0 Å². The monoisotopic (exact) mass is 474 g/mol. The van der Waals surface area contributed by atoms with Gasteiger partial charge in [-0.25, -0.2) is 13.8 Å². The number of carbonyl (C=O) groups excluding carboxylic acids is 1. The predicted octanol–water partition coefficient (Wildman–Crippen LogP) is 2.95. The molecule has 1 aromatic heterocycles. The molecule has 164 valence electrons. The van der Waals surface area contributed by atoms with Crippen LogP contribution in [0.25, 0.3) is 0 Å². The molecule has 0 saturated heterocycles. The third-order valence-corrected chi connectivity index (χ3v) is 7.03. The van der Waals surface area contributed by atoms with E-state index in [1.165, 1.54) is 42.5 Å². The van der Waals surface area contributed by atoms with Crippen LogP contribution in [0.15, 0.2) is 63.2 Å². The highest BCUT2D eigenvalue weighted by atomic mass is 32.2. The van der Waals surface area contributed by atoms with Crippen molar-refractivity contribution >= 4 is 44.9 Å². The zero-order chi connectivity index (χ0) is 22.7. The van der Waals surface area contributed by atoms with E-state index in [1.54, 1.807) is 11.4 Å². The van der Waals surface area contributed by atoms with Crippen molar-refractivity contribution in [1.29, 1.82) is 0 Å². The second-order valence-electron chi connectivity index (χ2n) is 6.34. The molecule has 4 rings (SSSR count). The van der Waals surface area contributed by atoms with E-state index in [-0.39, 0.29) is 39.3 Å². The number of nitro groups is 1. The molecule has 13 heteroatoms. The topological polar surface area (TPSA) is 149 Å². The third-order valence-electron chi connectivity index (χ3n) is 4.25. The van der Waals surface area contributed by atoms with E-state index in [4.69, 9.17) is 9.47 Å². The van der Waals surface area contributed by atoms with Crippen molar-refractivity contribution in [3.63, 3.8) is 0 Å². The van der Waals surface area contributed by atoms with Gasteiger partial charge in [-0.15, -0.1) is 11.3 Å². The number of amides is 1. The number of sulfonamides is 1. The molecule has 1 aliphatic heterocycles. The second-order valence-corrected chi connectivity index (χ2v) is 9.19. The molecule has 0 radical (unpaired) electrons. The van der Waals surface area contributed by atoms with Gasteiger partial charge in [-0.3, -0.25) is 19.6 Å². The molecule has 1 amide bonds. The Morgan fingerprint density at radius 1 is 1.16 bits per heavy atom. The van der Waals surface area contributed by atoms with Crippen LogP contribution in [0.3, 0.4) is 0 Å². The lowest BCUT2D eigenvalue weighted by Crippen LogP contribution is -2.18. The first kappa shape index (κ1) is 21.3. The number of rotatable bonds is 7. The van der Waals surface area contributed by atoms with Crippen LogP contribution < -0.4 is 19.6 Å². The fraction of sp³-hybridized carbons (Fsp3) is 0.0526. The van der Waals surface area contributed by atoms with Crippen LogP contribution in [0.5, 0.6) is 11.5 Å². The number of thiophene rings is 1. The molecule has 0 fully saturated rings. The van der Waals surface area contributed by atoms with Gasteiger partial charge in [-0.2, -0.15) is 5.10 Å². The number of hydrogen-bond acceptors (Lipinski definition) is 9. The molecule has 0 bridgehead atoms. The number of nitro benzene ring substituents is 1. The van der Waals surface area contributed by atoms with E-state index in [9.17, 15) is 23.3 Å². The number of carbonyl (C=O) groups is 1. The summed E-state index contributed by atoms with van der Waals surface area (Å²) >= 11 is 1.09. The number of ether oxygens (including phenoxy) is 2. The first-order valence-corrected chi connectivity index (χ1v) is 11.3. The van der Waals surface area contributed by atoms with Gasteiger partial charge in [-0.05, 0) is 41.8 Å². The van der Waals surface area contributed by atoms with Crippen molar-refractivity contribution < 1.29 is 27.6 Å². The minimum Gasteiger partial charge on any atom is -0.454 e. The largest absolute Gasteiger partial charge is 0.454 e. The third kappa shape index (κ3) is 4.53. The fourth-order valence-electron chi connectivity index (χ4n) is 2.74. The summed E-state index contributed by atoms with van der Waals surface area (Å²) in [5, 5.41) is 16.7. The average molecular weight is 474 g/mol. The first-order valence-electron chi connectivity index (χ1n) is 8.91. The number of fused-ring (bicyclic) bond motifs is 1. The number of benzene rings is 2. The highest BCUT2D eigenvalue weighted by molar-refractivity contribution is 7.94.